The van der Waals surface area contributed by atoms with Crippen LogP contribution in [0.2, 0.25) is 5.02 Å². The number of carbonyl (C=O) groups is 1. The number of nitrogens with zero attached hydrogens (tertiary/aromatic N) is 2. The summed E-state index contributed by atoms with van der Waals surface area (Å²) in [4.78, 5) is 14.9. The third kappa shape index (κ3) is 3.98. The van der Waals surface area contributed by atoms with Gasteiger partial charge < -0.3 is 14.7 Å². The molecule has 2 aromatic carbocycles. The molecule has 0 fully saturated rings. The first kappa shape index (κ1) is 22.3. The lowest BCUT2D eigenvalue weighted by Crippen LogP contribution is -2.31. The Morgan fingerprint density at radius 1 is 1.31 bits per heavy atom. The van der Waals surface area contributed by atoms with E-state index in [1.165, 1.54) is 6.07 Å². The monoisotopic (exact) mass is 457 g/mol. The number of hydrogen-bond donors (Lipinski definition) is 2. The number of halogens is 2. The number of ether oxygens (including phenoxy) is 1. The Balaban J connectivity index is 1.80. The van der Waals surface area contributed by atoms with E-state index in [4.69, 9.17) is 16.3 Å². The van der Waals surface area contributed by atoms with Crippen molar-refractivity contribution >= 4 is 17.5 Å². The Hall–Kier alpha value is -2.90. The van der Waals surface area contributed by atoms with Crippen LogP contribution in [-0.4, -0.2) is 45.4 Å². The highest BCUT2D eigenvalue weighted by Crippen LogP contribution is 2.45. The van der Waals surface area contributed by atoms with Gasteiger partial charge in [0.05, 0.1) is 12.1 Å². The third-order valence-electron chi connectivity index (χ3n) is 5.59. The number of benzene rings is 2. The minimum atomic E-state index is -0.689. The highest BCUT2D eigenvalue weighted by Gasteiger charge is 2.43. The van der Waals surface area contributed by atoms with Crippen LogP contribution in [0.5, 0.6) is 5.75 Å². The Labute approximate surface area is 191 Å². The molecule has 2 N–H and O–H groups in total. The summed E-state index contributed by atoms with van der Waals surface area (Å²) in [5.41, 5.74) is 2.66. The molecule has 1 aliphatic heterocycles. The van der Waals surface area contributed by atoms with Crippen LogP contribution in [0.1, 0.15) is 53.5 Å². The summed E-state index contributed by atoms with van der Waals surface area (Å²) in [5.74, 6) is -0.696. The largest absolute Gasteiger partial charge is 0.507 e. The van der Waals surface area contributed by atoms with E-state index in [2.05, 4.69) is 10.2 Å². The van der Waals surface area contributed by atoms with Crippen LogP contribution >= 0.6 is 11.6 Å². The number of aryl methyl sites for hydroxylation is 1. The number of rotatable bonds is 7. The summed E-state index contributed by atoms with van der Waals surface area (Å²) in [6, 6.07) is 8.86. The van der Waals surface area contributed by atoms with Gasteiger partial charge in [-0.15, -0.1) is 0 Å². The predicted molar refractivity (Wildman–Crippen MR) is 120 cm³/mol. The lowest BCUT2D eigenvalue weighted by Gasteiger charge is -2.27. The van der Waals surface area contributed by atoms with E-state index in [-0.39, 0.29) is 23.5 Å². The molecule has 1 amide bonds. The zero-order chi connectivity index (χ0) is 23.0. The number of aromatic nitrogens is 2. The number of amides is 1. The molecule has 2 heterocycles. The molecular formula is C24H25ClFN3O3. The van der Waals surface area contributed by atoms with Crippen molar-refractivity contribution in [2.24, 2.45) is 0 Å². The number of H-pyrrole nitrogens is 1. The topological polar surface area (TPSA) is 78.5 Å². The number of phenolic OH excluding ortho intramolecular Hbond substituents is 1. The number of carbonyl (C=O) groups excluding carboxylic acids is 1. The van der Waals surface area contributed by atoms with Crippen LogP contribution in [0.3, 0.4) is 0 Å². The van der Waals surface area contributed by atoms with Crippen LogP contribution < -0.4 is 0 Å². The van der Waals surface area contributed by atoms with Gasteiger partial charge in [-0.3, -0.25) is 9.89 Å². The zero-order valence-corrected chi connectivity index (χ0v) is 18.9. The molecule has 0 spiro atoms. The van der Waals surface area contributed by atoms with Crippen molar-refractivity contribution in [3.05, 3.63) is 69.6 Å². The number of hydrogen-bond acceptors (Lipinski definition) is 4. The second-order valence-corrected chi connectivity index (χ2v) is 8.58. The second kappa shape index (κ2) is 8.92. The standard InChI is InChI=1S/C24H25ClFN3O3/c1-13(2)32-10-6-9-29-23(15-7-4-5-8-18(15)26)20-21(27-28-22(20)24(29)31)16-12-17(25)14(3)11-19(16)30/h4-5,7-8,11-13,23,30H,6,9-10H2,1-3H3,(H,27,28). The lowest BCUT2D eigenvalue weighted by molar-refractivity contribution is 0.0599. The van der Waals surface area contributed by atoms with Crippen LogP contribution in [0.25, 0.3) is 11.3 Å². The van der Waals surface area contributed by atoms with Gasteiger partial charge in [-0.1, -0.05) is 29.8 Å². The summed E-state index contributed by atoms with van der Waals surface area (Å²) in [6.45, 7) is 6.55. The minimum Gasteiger partial charge on any atom is -0.507 e. The first-order chi connectivity index (χ1) is 15.3. The van der Waals surface area contributed by atoms with Gasteiger partial charge in [0.2, 0.25) is 0 Å². The van der Waals surface area contributed by atoms with Crippen molar-refractivity contribution in [3.8, 4) is 17.0 Å². The van der Waals surface area contributed by atoms with E-state index in [1.54, 1.807) is 42.2 Å². The molecular weight excluding hydrogens is 433 g/mol. The van der Waals surface area contributed by atoms with Gasteiger partial charge in [0.15, 0.2) is 0 Å². The van der Waals surface area contributed by atoms with E-state index in [9.17, 15) is 14.3 Å². The summed E-state index contributed by atoms with van der Waals surface area (Å²) < 4.78 is 20.5. The number of fused-ring (bicyclic) bond motifs is 1. The summed E-state index contributed by atoms with van der Waals surface area (Å²) in [6.07, 6.45) is 0.688. The van der Waals surface area contributed by atoms with Gasteiger partial charge in [0, 0.05) is 34.9 Å². The lowest BCUT2D eigenvalue weighted by atomic mass is 9.95. The van der Waals surface area contributed by atoms with E-state index >= 15 is 0 Å². The molecule has 8 heteroatoms. The molecule has 1 aromatic heterocycles. The van der Waals surface area contributed by atoms with Crippen molar-refractivity contribution in [2.45, 2.75) is 39.3 Å². The molecule has 0 radical (unpaired) electrons. The van der Waals surface area contributed by atoms with Crippen molar-refractivity contribution in [2.75, 3.05) is 13.2 Å². The quantitative estimate of drug-likeness (QED) is 0.475. The molecule has 1 atom stereocenters. The molecule has 0 saturated heterocycles. The number of aromatic amines is 1. The molecule has 0 saturated carbocycles. The Morgan fingerprint density at radius 2 is 2.06 bits per heavy atom. The van der Waals surface area contributed by atoms with Crippen LogP contribution in [0.15, 0.2) is 36.4 Å². The van der Waals surface area contributed by atoms with Gasteiger partial charge in [-0.05, 0) is 51.0 Å². The summed E-state index contributed by atoms with van der Waals surface area (Å²) in [5, 5.41) is 18.2. The third-order valence-corrected chi connectivity index (χ3v) is 6.00. The van der Waals surface area contributed by atoms with E-state index in [0.717, 1.165) is 0 Å². The Bertz CT molecular complexity index is 1160. The van der Waals surface area contributed by atoms with E-state index in [1.807, 2.05) is 13.8 Å². The maximum atomic E-state index is 14.9. The van der Waals surface area contributed by atoms with Crippen LogP contribution in [0, 0.1) is 12.7 Å². The Morgan fingerprint density at radius 3 is 2.78 bits per heavy atom. The average Bonchev–Trinajstić information content (AvgIpc) is 3.28. The fraction of sp³-hybridized carbons (Fsp3) is 0.333. The van der Waals surface area contributed by atoms with Gasteiger partial charge in [0.25, 0.3) is 5.91 Å². The van der Waals surface area contributed by atoms with Gasteiger partial charge in [0.1, 0.15) is 23.0 Å². The van der Waals surface area contributed by atoms with Gasteiger partial charge in [-0.2, -0.15) is 5.10 Å². The van der Waals surface area contributed by atoms with Crippen LogP contribution in [-0.2, 0) is 4.74 Å². The highest BCUT2D eigenvalue weighted by atomic mass is 35.5. The highest BCUT2D eigenvalue weighted by molar-refractivity contribution is 6.31. The molecule has 0 bridgehead atoms. The number of nitrogens with one attached hydrogen (secondary N) is 1. The molecule has 32 heavy (non-hydrogen) atoms. The van der Waals surface area contributed by atoms with Crippen molar-refractivity contribution in [3.63, 3.8) is 0 Å². The van der Waals surface area contributed by atoms with E-state index in [0.29, 0.717) is 52.5 Å². The molecule has 0 aliphatic carbocycles. The van der Waals surface area contributed by atoms with Crippen molar-refractivity contribution < 1.29 is 19.0 Å². The smallest absolute Gasteiger partial charge is 0.273 e. The average molecular weight is 458 g/mol. The zero-order valence-electron chi connectivity index (χ0n) is 18.2. The minimum absolute atomic E-state index is 0.00952. The van der Waals surface area contributed by atoms with Gasteiger partial charge >= 0.3 is 0 Å². The van der Waals surface area contributed by atoms with Gasteiger partial charge in [-0.25, -0.2) is 4.39 Å². The molecule has 168 valence electrons. The molecule has 4 rings (SSSR count). The fourth-order valence-corrected chi connectivity index (χ4v) is 4.23. The first-order valence-corrected chi connectivity index (χ1v) is 10.9. The molecule has 1 aliphatic rings. The normalized spacial score (nSPS) is 15.6. The van der Waals surface area contributed by atoms with Crippen molar-refractivity contribution in [1.82, 2.24) is 15.1 Å². The predicted octanol–water partition coefficient (Wildman–Crippen LogP) is 5.24. The van der Waals surface area contributed by atoms with Crippen LogP contribution in [0.4, 0.5) is 4.39 Å². The SMILES string of the molecule is Cc1cc(O)c(-c2n[nH]c3c2C(c2ccccc2F)N(CCCOC(C)C)C3=O)cc1Cl. The maximum Gasteiger partial charge on any atom is 0.273 e. The fourth-order valence-electron chi connectivity index (χ4n) is 4.06. The molecule has 3 aromatic rings. The summed E-state index contributed by atoms with van der Waals surface area (Å²) >= 11 is 6.30. The molecule has 6 nitrogen and oxygen atoms in total. The molecule has 1 unspecified atom stereocenters. The Kier molecular flexibility index (Phi) is 6.22. The number of aromatic hydroxyl groups is 1. The second-order valence-electron chi connectivity index (χ2n) is 8.18. The summed E-state index contributed by atoms with van der Waals surface area (Å²) in [7, 11) is 0. The van der Waals surface area contributed by atoms with Crippen molar-refractivity contribution in [1.29, 1.82) is 0 Å². The first-order valence-electron chi connectivity index (χ1n) is 10.5. The van der Waals surface area contributed by atoms with E-state index < -0.39 is 11.9 Å². The maximum absolute atomic E-state index is 14.9. The number of phenols is 1.